The number of para-hydroxylation sites is 1. The highest BCUT2D eigenvalue weighted by molar-refractivity contribution is 7.10. The van der Waals surface area contributed by atoms with Gasteiger partial charge in [0.2, 0.25) is 5.91 Å². The molecule has 3 aromatic rings. The fourth-order valence-corrected chi connectivity index (χ4v) is 5.65. The van der Waals surface area contributed by atoms with Gasteiger partial charge in [-0.1, -0.05) is 36.4 Å². The average molecular weight is 475 g/mol. The maximum Gasteiger partial charge on any atom is 0.254 e. The van der Waals surface area contributed by atoms with Crippen LogP contribution in [-0.2, 0) is 11.2 Å². The molecule has 2 amide bonds. The molecule has 1 aromatic heterocycles. The summed E-state index contributed by atoms with van der Waals surface area (Å²) in [5.41, 5.74) is 3.86. The van der Waals surface area contributed by atoms with Crippen LogP contribution in [0.5, 0.6) is 5.75 Å². The van der Waals surface area contributed by atoms with Crippen molar-refractivity contribution in [3.63, 3.8) is 0 Å². The molecule has 5 rings (SSSR count). The largest absolute Gasteiger partial charge is 0.491 e. The molecule has 0 saturated heterocycles. The Labute approximate surface area is 205 Å². The van der Waals surface area contributed by atoms with Crippen molar-refractivity contribution in [1.29, 1.82) is 0 Å². The van der Waals surface area contributed by atoms with Crippen molar-refractivity contribution >= 4 is 23.2 Å². The Kier molecular flexibility index (Phi) is 6.42. The third kappa shape index (κ3) is 4.60. The quantitative estimate of drug-likeness (QED) is 0.474. The number of amides is 2. The SMILES string of the molecule is Cc1ccccc1OCC1c2ccsc2CCN1C(=O)CN(C(=O)c1ccccc1C)C1CC1. The van der Waals surface area contributed by atoms with Crippen molar-refractivity contribution in [2.75, 3.05) is 19.7 Å². The Hall–Kier alpha value is -3.12. The van der Waals surface area contributed by atoms with Crippen LogP contribution >= 0.6 is 11.3 Å². The Morgan fingerprint density at radius 2 is 1.76 bits per heavy atom. The first-order valence-electron chi connectivity index (χ1n) is 11.9. The maximum atomic E-state index is 13.7. The molecule has 0 spiro atoms. The van der Waals surface area contributed by atoms with E-state index < -0.39 is 0 Å². The molecule has 2 heterocycles. The molecular weight excluding hydrogens is 444 g/mol. The number of thiophene rings is 1. The lowest BCUT2D eigenvalue weighted by molar-refractivity contribution is -0.135. The van der Waals surface area contributed by atoms with E-state index in [1.807, 2.05) is 67.3 Å². The molecule has 1 atom stereocenters. The van der Waals surface area contributed by atoms with Gasteiger partial charge >= 0.3 is 0 Å². The minimum atomic E-state index is -0.156. The second-order valence-electron chi connectivity index (χ2n) is 9.21. The van der Waals surface area contributed by atoms with Crippen molar-refractivity contribution in [2.45, 2.75) is 45.2 Å². The third-order valence-electron chi connectivity index (χ3n) is 6.84. The number of hydrogen-bond donors (Lipinski definition) is 0. The van der Waals surface area contributed by atoms with Gasteiger partial charge in [-0.3, -0.25) is 9.59 Å². The van der Waals surface area contributed by atoms with Gasteiger partial charge in [0, 0.05) is 23.0 Å². The lowest BCUT2D eigenvalue weighted by Gasteiger charge is -2.37. The van der Waals surface area contributed by atoms with Crippen LogP contribution in [0.25, 0.3) is 0 Å². The number of hydrogen-bond acceptors (Lipinski definition) is 4. The van der Waals surface area contributed by atoms with E-state index in [4.69, 9.17) is 4.74 Å². The zero-order valence-corrected chi connectivity index (χ0v) is 20.5. The second kappa shape index (κ2) is 9.63. The molecular formula is C28H30N2O3S. The van der Waals surface area contributed by atoms with Gasteiger partial charge in [-0.2, -0.15) is 0 Å². The van der Waals surface area contributed by atoms with Crippen LogP contribution in [0.2, 0.25) is 0 Å². The van der Waals surface area contributed by atoms with Crippen LogP contribution in [0, 0.1) is 13.8 Å². The number of carbonyl (C=O) groups is 2. The van der Waals surface area contributed by atoms with Crippen LogP contribution in [0.3, 0.4) is 0 Å². The predicted octanol–water partition coefficient (Wildman–Crippen LogP) is 5.17. The molecule has 0 N–H and O–H groups in total. The summed E-state index contributed by atoms with van der Waals surface area (Å²) in [6.45, 7) is 5.13. The fourth-order valence-electron chi connectivity index (χ4n) is 4.72. The summed E-state index contributed by atoms with van der Waals surface area (Å²) in [7, 11) is 0. The third-order valence-corrected chi connectivity index (χ3v) is 7.83. The van der Waals surface area contributed by atoms with E-state index in [1.165, 1.54) is 10.4 Å². The minimum Gasteiger partial charge on any atom is -0.491 e. The topological polar surface area (TPSA) is 49.9 Å². The molecule has 1 aliphatic carbocycles. The van der Waals surface area contributed by atoms with E-state index in [-0.39, 0.29) is 30.4 Å². The zero-order chi connectivity index (χ0) is 23.7. The molecule has 34 heavy (non-hydrogen) atoms. The summed E-state index contributed by atoms with van der Waals surface area (Å²) in [5.74, 6) is 0.783. The molecule has 1 saturated carbocycles. The molecule has 0 bridgehead atoms. The van der Waals surface area contributed by atoms with Gasteiger partial charge in [0.25, 0.3) is 5.91 Å². The van der Waals surface area contributed by atoms with E-state index >= 15 is 0 Å². The summed E-state index contributed by atoms with van der Waals surface area (Å²) in [5, 5.41) is 2.09. The zero-order valence-electron chi connectivity index (χ0n) is 19.7. The van der Waals surface area contributed by atoms with Gasteiger partial charge in [-0.05, 0) is 73.4 Å². The molecule has 176 valence electrons. The number of benzene rings is 2. The summed E-state index contributed by atoms with van der Waals surface area (Å²) < 4.78 is 6.21. The second-order valence-corrected chi connectivity index (χ2v) is 10.2. The average Bonchev–Trinajstić information content (AvgIpc) is 3.57. The van der Waals surface area contributed by atoms with Crippen molar-refractivity contribution in [3.8, 4) is 5.75 Å². The fraction of sp³-hybridized carbons (Fsp3) is 0.357. The molecule has 6 heteroatoms. The standard InChI is InChI=1S/C28H30N2O3S/c1-19-7-3-5-9-22(19)28(32)30(21-11-12-21)17-27(31)29-15-13-26-23(14-16-34-26)24(29)18-33-25-10-6-4-8-20(25)2/h3-10,14,16,21,24H,11-13,15,17-18H2,1-2H3. The molecule has 2 aliphatic rings. The van der Waals surface area contributed by atoms with E-state index in [0.717, 1.165) is 36.1 Å². The number of nitrogens with zero attached hydrogens (tertiary/aromatic N) is 2. The number of carbonyl (C=O) groups excluding carboxylic acids is 2. The first-order valence-corrected chi connectivity index (χ1v) is 12.8. The van der Waals surface area contributed by atoms with Crippen molar-refractivity contribution in [1.82, 2.24) is 9.80 Å². The molecule has 1 unspecified atom stereocenters. The highest BCUT2D eigenvalue weighted by atomic mass is 32.1. The highest BCUT2D eigenvalue weighted by Gasteiger charge is 2.38. The number of ether oxygens (including phenoxy) is 1. The number of rotatable bonds is 7. The van der Waals surface area contributed by atoms with Crippen molar-refractivity contribution in [3.05, 3.63) is 87.1 Å². The summed E-state index contributed by atoms with van der Waals surface area (Å²) >= 11 is 1.74. The lowest BCUT2D eigenvalue weighted by Crippen LogP contribution is -2.48. The number of fused-ring (bicyclic) bond motifs is 1. The summed E-state index contributed by atoms with van der Waals surface area (Å²) in [6.07, 6.45) is 2.76. The predicted molar refractivity (Wildman–Crippen MR) is 134 cm³/mol. The first kappa shape index (κ1) is 22.7. The Morgan fingerprint density at radius 1 is 1.03 bits per heavy atom. The van der Waals surface area contributed by atoms with E-state index in [9.17, 15) is 9.59 Å². The van der Waals surface area contributed by atoms with E-state index in [1.54, 1.807) is 16.2 Å². The highest BCUT2D eigenvalue weighted by Crippen LogP contribution is 2.35. The molecule has 1 aliphatic heterocycles. The monoisotopic (exact) mass is 474 g/mol. The molecule has 2 aromatic carbocycles. The smallest absolute Gasteiger partial charge is 0.254 e. The van der Waals surface area contributed by atoms with Gasteiger partial charge in [0.15, 0.2) is 0 Å². The summed E-state index contributed by atoms with van der Waals surface area (Å²) in [4.78, 5) is 32.1. The van der Waals surface area contributed by atoms with Crippen LogP contribution in [0.15, 0.2) is 60.0 Å². The maximum absolute atomic E-state index is 13.7. The lowest BCUT2D eigenvalue weighted by atomic mass is 10.00. The molecule has 5 nitrogen and oxygen atoms in total. The first-order chi connectivity index (χ1) is 16.5. The normalized spacial score (nSPS) is 17.2. The van der Waals surface area contributed by atoms with Gasteiger partial charge in [0.1, 0.15) is 18.9 Å². The Morgan fingerprint density at radius 3 is 2.50 bits per heavy atom. The van der Waals surface area contributed by atoms with Gasteiger partial charge in [0.05, 0.1) is 6.04 Å². The summed E-state index contributed by atoms with van der Waals surface area (Å²) in [6, 6.07) is 17.7. The minimum absolute atomic E-state index is 0.0101. The molecule has 0 radical (unpaired) electrons. The van der Waals surface area contributed by atoms with E-state index in [0.29, 0.717) is 18.7 Å². The Balaban J connectivity index is 1.36. The van der Waals surface area contributed by atoms with Crippen LogP contribution in [0.4, 0.5) is 0 Å². The van der Waals surface area contributed by atoms with E-state index in [2.05, 4.69) is 11.4 Å². The van der Waals surface area contributed by atoms with Gasteiger partial charge < -0.3 is 14.5 Å². The van der Waals surface area contributed by atoms with Gasteiger partial charge in [-0.15, -0.1) is 11.3 Å². The van der Waals surface area contributed by atoms with Crippen LogP contribution in [-0.4, -0.2) is 47.4 Å². The van der Waals surface area contributed by atoms with Crippen LogP contribution < -0.4 is 4.74 Å². The van der Waals surface area contributed by atoms with Crippen molar-refractivity contribution < 1.29 is 14.3 Å². The van der Waals surface area contributed by atoms with Gasteiger partial charge in [-0.25, -0.2) is 0 Å². The number of aryl methyl sites for hydroxylation is 2. The van der Waals surface area contributed by atoms with Crippen molar-refractivity contribution in [2.24, 2.45) is 0 Å². The Bertz CT molecular complexity index is 1200. The van der Waals surface area contributed by atoms with Crippen LogP contribution in [0.1, 0.15) is 50.8 Å². The molecule has 1 fully saturated rings.